The Hall–Kier alpha value is -3.37. The fourth-order valence-electron chi connectivity index (χ4n) is 4.02. The highest BCUT2D eigenvalue weighted by Crippen LogP contribution is 2.33. The average molecular weight is 471 g/mol. The Balaban J connectivity index is 1.75. The van der Waals surface area contributed by atoms with Gasteiger partial charge < -0.3 is 18.9 Å². The summed E-state index contributed by atoms with van der Waals surface area (Å²) in [6.45, 7) is 2.04. The van der Waals surface area contributed by atoms with Crippen LogP contribution in [0.25, 0.3) is 0 Å². The lowest BCUT2D eigenvalue weighted by atomic mass is 10.1. The molecule has 174 valence electrons. The molecule has 1 atom stereocenters. The summed E-state index contributed by atoms with van der Waals surface area (Å²) in [5.41, 5.74) is 2.19. The molecule has 1 aromatic heterocycles. The molecule has 1 N–H and O–H groups in total. The van der Waals surface area contributed by atoms with Gasteiger partial charge in [-0.3, -0.25) is 4.79 Å². The smallest absolute Gasteiger partial charge is 0.241 e. The molecule has 0 saturated carbocycles. The zero-order valence-electron chi connectivity index (χ0n) is 18.9. The Bertz CT molecular complexity index is 1280. The summed E-state index contributed by atoms with van der Waals surface area (Å²) in [6, 6.07) is 9.25. The van der Waals surface area contributed by atoms with Gasteiger partial charge in [-0.1, -0.05) is 0 Å². The SMILES string of the molecule is COc1cc(OC)cc([C@@H](NS(=O)(=O)c2ccc3c(c2)CCN3C(C)=O)c2nccn2C)c1. The number of anilines is 1. The fraction of sp³-hybridized carbons (Fsp3) is 0.304. The summed E-state index contributed by atoms with van der Waals surface area (Å²) in [4.78, 5) is 18.0. The molecule has 33 heavy (non-hydrogen) atoms. The predicted octanol–water partition coefficient (Wildman–Crippen LogP) is 2.41. The van der Waals surface area contributed by atoms with Crippen molar-refractivity contribution in [3.05, 3.63) is 65.7 Å². The number of hydrogen-bond acceptors (Lipinski definition) is 6. The van der Waals surface area contributed by atoms with E-state index in [4.69, 9.17) is 9.47 Å². The van der Waals surface area contributed by atoms with Crippen molar-refractivity contribution in [1.29, 1.82) is 0 Å². The van der Waals surface area contributed by atoms with Gasteiger partial charge in [0.15, 0.2) is 0 Å². The van der Waals surface area contributed by atoms with E-state index in [1.807, 2.05) is 0 Å². The average Bonchev–Trinajstić information content (AvgIpc) is 3.42. The minimum atomic E-state index is -3.94. The number of hydrogen-bond donors (Lipinski definition) is 1. The van der Waals surface area contributed by atoms with E-state index in [1.165, 1.54) is 27.2 Å². The van der Waals surface area contributed by atoms with Crippen LogP contribution in [-0.4, -0.2) is 44.6 Å². The molecule has 2 aromatic carbocycles. The van der Waals surface area contributed by atoms with Crippen molar-refractivity contribution in [2.45, 2.75) is 24.3 Å². The Morgan fingerprint density at radius 2 is 1.82 bits per heavy atom. The van der Waals surface area contributed by atoms with Gasteiger partial charge in [-0.15, -0.1) is 0 Å². The maximum Gasteiger partial charge on any atom is 0.241 e. The highest BCUT2D eigenvalue weighted by Gasteiger charge is 2.29. The maximum absolute atomic E-state index is 13.5. The Morgan fingerprint density at radius 1 is 1.12 bits per heavy atom. The van der Waals surface area contributed by atoms with Crippen LogP contribution in [0, 0.1) is 0 Å². The second-order valence-electron chi connectivity index (χ2n) is 7.81. The summed E-state index contributed by atoms with van der Waals surface area (Å²) < 4.78 is 42.2. The Kier molecular flexibility index (Phi) is 6.13. The summed E-state index contributed by atoms with van der Waals surface area (Å²) in [6.07, 6.45) is 3.97. The number of nitrogens with one attached hydrogen (secondary N) is 1. The number of sulfonamides is 1. The van der Waals surface area contributed by atoms with Crippen LogP contribution in [0.4, 0.5) is 5.69 Å². The standard InChI is InChI=1S/C23H26N4O5S/c1-15(28)27-9-7-16-13-20(5-6-21(16)27)33(29,30)25-22(23-24-8-10-26(23)2)17-11-18(31-3)14-19(12-17)32-4/h5-6,8,10-14,22,25H,7,9H2,1-4H3/t22-/m1/s1. The number of carbonyl (C=O) groups excluding carboxylic acids is 1. The summed E-state index contributed by atoms with van der Waals surface area (Å²) in [5.74, 6) is 1.51. The number of imidazole rings is 1. The number of fused-ring (bicyclic) bond motifs is 1. The van der Waals surface area contributed by atoms with E-state index < -0.39 is 16.1 Å². The van der Waals surface area contributed by atoms with Crippen LogP contribution in [0.3, 0.4) is 0 Å². The molecule has 0 bridgehead atoms. The lowest BCUT2D eigenvalue weighted by Crippen LogP contribution is -2.31. The second-order valence-corrected chi connectivity index (χ2v) is 9.52. The van der Waals surface area contributed by atoms with Gasteiger partial charge in [0.1, 0.15) is 23.4 Å². The summed E-state index contributed by atoms with van der Waals surface area (Å²) in [5, 5.41) is 0. The maximum atomic E-state index is 13.5. The fourth-order valence-corrected chi connectivity index (χ4v) is 5.25. The molecule has 1 aliphatic rings. The first kappa shape index (κ1) is 22.8. The molecular weight excluding hydrogens is 444 g/mol. The van der Waals surface area contributed by atoms with E-state index in [0.29, 0.717) is 35.9 Å². The van der Waals surface area contributed by atoms with E-state index in [9.17, 15) is 13.2 Å². The van der Waals surface area contributed by atoms with Gasteiger partial charge in [-0.2, -0.15) is 4.72 Å². The van der Waals surface area contributed by atoms with Crippen molar-refractivity contribution in [2.75, 3.05) is 25.7 Å². The lowest BCUT2D eigenvalue weighted by molar-refractivity contribution is -0.116. The largest absolute Gasteiger partial charge is 0.497 e. The van der Waals surface area contributed by atoms with Crippen LogP contribution in [0.5, 0.6) is 11.5 Å². The number of ether oxygens (including phenoxy) is 2. The molecule has 0 fully saturated rings. The molecule has 0 spiro atoms. The van der Waals surface area contributed by atoms with Crippen LogP contribution in [-0.2, 0) is 28.3 Å². The predicted molar refractivity (Wildman–Crippen MR) is 123 cm³/mol. The van der Waals surface area contributed by atoms with Gasteiger partial charge in [0.25, 0.3) is 0 Å². The van der Waals surface area contributed by atoms with Gasteiger partial charge in [-0.25, -0.2) is 13.4 Å². The Morgan fingerprint density at radius 3 is 2.39 bits per heavy atom. The van der Waals surface area contributed by atoms with Gasteiger partial charge in [-0.05, 0) is 47.9 Å². The summed E-state index contributed by atoms with van der Waals surface area (Å²) >= 11 is 0. The number of aromatic nitrogens is 2. The van der Waals surface area contributed by atoms with Crippen molar-refractivity contribution in [3.8, 4) is 11.5 Å². The van der Waals surface area contributed by atoms with Crippen LogP contribution in [0.1, 0.15) is 29.9 Å². The van der Waals surface area contributed by atoms with Crippen molar-refractivity contribution in [2.24, 2.45) is 7.05 Å². The third kappa shape index (κ3) is 4.44. The number of rotatable bonds is 7. The number of aryl methyl sites for hydroxylation is 1. The van der Waals surface area contributed by atoms with Crippen molar-refractivity contribution >= 4 is 21.6 Å². The third-order valence-corrected chi connectivity index (χ3v) is 7.15. The van der Waals surface area contributed by atoms with E-state index in [1.54, 1.807) is 59.2 Å². The first-order valence-corrected chi connectivity index (χ1v) is 11.9. The zero-order valence-corrected chi connectivity index (χ0v) is 19.7. The molecule has 3 aromatic rings. The number of carbonyl (C=O) groups is 1. The van der Waals surface area contributed by atoms with Crippen molar-refractivity contribution in [3.63, 3.8) is 0 Å². The Labute approximate surface area is 193 Å². The highest BCUT2D eigenvalue weighted by atomic mass is 32.2. The molecule has 0 aliphatic carbocycles. The van der Waals surface area contributed by atoms with Crippen molar-refractivity contribution < 1.29 is 22.7 Å². The molecule has 9 nitrogen and oxygen atoms in total. The van der Waals surface area contributed by atoms with Crippen molar-refractivity contribution in [1.82, 2.24) is 14.3 Å². The molecule has 1 amide bonds. The molecule has 0 radical (unpaired) electrons. The molecule has 0 saturated heterocycles. The van der Waals surface area contributed by atoms with Gasteiger partial charge >= 0.3 is 0 Å². The van der Waals surface area contributed by atoms with Crippen LogP contribution in [0.15, 0.2) is 53.7 Å². The third-order valence-electron chi connectivity index (χ3n) is 5.73. The number of amides is 1. The summed E-state index contributed by atoms with van der Waals surface area (Å²) in [7, 11) is 0.931. The first-order chi connectivity index (χ1) is 15.7. The minimum absolute atomic E-state index is 0.0655. The van der Waals surface area contributed by atoms with E-state index in [2.05, 4.69) is 9.71 Å². The molecule has 0 unspecified atom stereocenters. The first-order valence-electron chi connectivity index (χ1n) is 10.4. The normalized spacial score (nSPS) is 14.1. The number of methoxy groups -OCH3 is 2. The van der Waals surface area contributed by atoms with Crippen LogP contribution >= 0.6 is 0 Å². The number of benzene rings is 2. The second kappa shape index (κ2) is 8.87. The van der Waals surface area contributed by atoms with E-state index in [0.717, 1.165) is 11.3 Å². The van der Waals surface area contributed by atoms with E-state index in [-0.39, 0.29) is 10.8 Å². The van der Waals surface area contributed by atoms with Gasteiger partial charge in [0, 0.05) is 44.7 Å². The zero-order chi connectivity index (χ0) is 23.8. The van der Waals surface area contributed by atoms with Crippen LogP contribution < -0.4 is 19.1 Å². The number of nitrogens with zero attached hydrogens (tertiary/aromatic N) is 3. The van der Waals surface area contributed by atoms with E-state index >= 15 is 0 Å². The molecule has 1 aliphatic heterocycles. The topological polar surface area (TPSA) is 103 Å². The van der Waals surface area contributed by atoms with Gasteiger partial charge in [0.05, 0.1) is 19.1 Å². The highest BCUT2D eigenvalue weighted by molar-refractivity contribution is 7.89. The monoisotopic (exact) mass is 470 g/mol. The molecule has 2 heterocycles. The molecular formula is C23H26N4O5S. The minimum Gasteiger partial charge on any atom is -0.497 e. The lowest BCUT2D eigenvalue weighted by Gasteiger charge is -2.21. The van der Waals surface area contributed by atoms with Gasteiger partial charge in [0.2, 0.25) is 15.9 Å². The van der Waals surface area contributed by atoms with Crippen LogP contribution in [0.2, 0.25) is 0 Å². The molecule has 4 rings (SSSR count). The quantitative estimate of drug-likeness (QED) is 0.569. The molecule has 10 heteroatoms.